The molecule has 0 aliphatic carbocycles. The van der Waals surface area contributed by atoms with Crippen molar-refractivity contribution in [3.63, 3.8) is 0 Å². The van der Waals surface area contributed by atoms with Gasteiger partial charge >= 0.3 is 6.18 Å². The van der Waals surface area contributed by atoms with Crippen LogP contribution in [0, 0.1) is 6.92 Å². The van der Waals surface area contributed by atoms with Gasteiger partial charge in [-0.05, 0) is 42.4 Å². The van der Waals surface area contributed by atoms with Crippen LogP contribution in [-0.2, 0) is 6.18 Å². The molecule has 0 N–H and O–H groups in total. The smallest absolute Gasteiger partial charge is 0.179 e. The second kappa shape index (κ2) is 5.43. The summed E-state index contributed by atoms with van der Waals surface area (Å²) in [5, 5.41) is 0. The van der Waals surface area contributed by atoms with Crippen molar-refractivity contribution < 1.29 is 13.2 Å². The van der Waals surface area contributed by atoms with Gasteiger partial charge in [-0.25, -0.2) is 0 Å². The third kappa shape index (κ3) is 3.59. The van der Waals surface area contributed by atoms with Crippen LogP contribution in [0.5, 0.6) is 0 Å². The SMILES string of the molecule is Cc1ccc(C(F)(F)F)cc1C=CCCS. The number of thiol groups is 1. The maximum atomic E-state index is 12.5. The Morgan fingerprint density at radius 1 is 1.31 bits per heavy atom. The van der Waals surface area contributed by atoms with E-state index in [4.69, 9.17) is 0 Å². The van der Waals surface area contributed by atoms with Crippen LogP contribution in [0.2, 0.25) is 0 Å². The fourth-order valence-electron chi connectivity index (χ4n) is 1.28. The molecule has 0 saturated heterocycles. The number of aryl methyl sites for hydroxylation is 1. The summed E-state index contributed by atoms with van der Waals surface area (Å²) >= 11 is 4.03. The molecule has 0 heterocycles. The number of allylic oxidation sites excluding steroid dienone is 1. The van der Waals surface area contributed by atoms with Crippen molar-refractivity contribution >= 4 is 18.7 Å². The maximum absolute atomic E-state index is 12.5. The highest BCUT2D eigenvalue weighted by molar-refractivity contribution is 7.80. The minimum atomic E-state index is -4.28. The predicted molar refractivity (Wildman–Crippen MR) is 63.7 cm³/mol. The Morgan fingerprint density at radius 3 is 2.56 bits per heavy atom. The van der Waals surface area contributed by atoms with Gasteiger partial charge in [0.2, 0.25) is 0 Å². The fourth-order valence-corrected chi connectivity index (χ4v) is 1.43. The summed E-state index contributed by atoms with van der Waals surface area (Å²) in [4.78, 5) is 0. The molecule has 0 aliphatic heterocycles. The summed E-state index contributed by atoms with van der Waals surface area (Å²) in [6.45, 7) is 1.79. The number of rotatable bonds is 3. The minimum absolute atomic E-state index is 0.608. The predicted octanol–water partition coefficient (Wildman–Crippen LogP) is 4.35. The van der Waals surface area contributed by atoms with Crippen LogP contribution in [0.25, 0.3) is 6.08 Å². The first-order valence-electron chi connectivity index (χ1n) is 4.90. The molecule has 1 rings (SSSR count). The molecule has 0 amide bonds. The van der Waals surface area contributed by atoms with Crippen LogP contribution in [0.4, 0.5) is 13.2 Å². The number of benzene rings is 1. The zero-order valence-corrected chi connectivity index (χ0v) is 9.78. The average molecular weight is 246 g/mol. The number of hydrogen-bond donors (Lipinski definition) is 1. The summed E-state index contributed by atoms with van der Waals surface area (Å²) in [6, 6.07) is 3.76. The first-order chi connectivity index (χ1) is 7.45. The molecule has 0 aromatic heterocycles. The van der Waals surface area contributed by atoms with E-state index in [1.165, 1.54) is 12.1 Å². The number of halogens is 3. The van der Waals surface area contributed by atoms with Crippen LogP contribution in [0.1, 0.15) is 23.1 Å². The topological polar surface area (TPSA) is 0 Å². The van der Waals surface area contributed by atoms with E-state index >= 15 is 0 Å². The van der Waals surface area contributed by atoms with Gasteiger partial charge in [-0.3, -0.25) is 0 Å². The first-order valence-corrected chi connectivity index (χ1v) is 5.53. The van der Waals surface area contributed by atoms with Gasteiger partial charge in [0.25, 0.3) is 0 Å². The third-order valence-electron chi connectivity index (χ3n) is 2.20. The lowest BCUT2D eigenvalue weighted by atomic mass is 10.0. The molecule has 0 unspecified atom stereocenters. The molecular formula is C12H13F3S. The first kappa shape index (κ1) is 13.2. The quantitative estimate of drug-likeness (QED) is 0.753. The maximum Gasteiger partial charge on any atom is 0.416 e. The van der Waals surface area contributed by atoms with Gasteiger partial charge < -0.3 is 0 Å². The Bertz CT molecular complexity index is 380. The molecule has 0 aliphatic rings. The van der Waals surface area contributed by atoms with Crippen molar-refractivity contribution in [1.29, 1.82) is 0 Å². The summed E-state index contributed by atoms with van der Waals surface area (Å²) in [5.74, 6) is 0.689. The lowest BCUT2D eigenvalue weighted by molar-refractivity contribution is -0.137. The highest BCUT2D eigenvalue weighted by Gasteiger charge is 2.30. The van der Waals surface area contributed by atoms with Gasteiger partial charge in [0.05, 0.1) is 5.56 Å². The number of hydrogen-bond acceptors (Lipinski definition) is 1. The Morgan fingerprint density at radius 2 is 2.00 bits per heavy atom. The zero-order chi connectivity index (χ0) is 12.2. The van der Waals surface area contributed by atoms with E-state index in [0.717, 1.165) is 18.1 Å². The Kier molecular flexibility index (Phi) is 4.47. The van der Waals surface area contributed by atoms with E-state index in [1.807, 2.05) is 6.08 Å². The van der Waals surface area contributed by atoms with E-state index in [9.17, 15) is 13.2 Å². The van der Waals surface area contributed by atoms with Crippen LogP contribution in [0.3, 0.4) is 0 Å². The van der Waals surface area contributed by atoms with Gasteiger partial charge in [0.15, 0.2) is 0 Å². The minimum Gasteiger partial charge on any atom is -0.179 e. The Balaban J connectivity index is 3.00. The van der Waals surface area contributed by atoms with E-state index in [-0.39, 0.29) is 0 Å². The molecule has 0 saturated carbocycles. The summed E-state index contributed by atoms with van der Waals surface area (Å²) in [7, 11) is 0. The van der Waals surface area contributed by atoms with E-state index < -0.39 is 11.7 Å². The summed E-state index contributed by atoms with van der Waals surface area (Å²) in [6.07, 6.45) is 0.00884. The van der Waals surface area contributed by atoms with E-state index in [0.29, 0.717) is 11.3 Å². The molecule has 1 aromatic carbocycles. The molecule has 88 valence electrons. The van der Waals surface area contributed by atoms with Crippen molar-refractivity contribution in [2.75, 3.05) is 5.75 Å². The van der Waals surface area contributed by atoms with Crippen molar-refractivity contribution in [2.24, 2.45) is 0 Å². The van der Waals surface area contributed by atoms with E-state index in [2.05, 4.69) is 12.6 Å². The van der Waals surface area contributed by atoms with Crippen LogP contribution in [0.15, 0.2) is 24.3 Å². The molecule has 0 fully saturated rings. The molecule has 0 nitrogen and oxygen atoms in total. The van der Waals surface area contributed by atoms with Crippen LogP contribution < -0.4 is 0 Å². The molecule has 0 radical (unpaired) electrons. The van der Waals surface area contributed by atoms with Crippen LogP contribution in [-0.4, -0.2) is 5.75 Å². The van der Waals surface area contributed by atoms with Crippen molar-refractivity contribution in [3.05, 3.63) is 41.0 Å². The molecule has 16 heavy (non-hydrogen) atoms. The van der Waals surface area contributed by atoms with Crippen molar-refractivity contribution in [2.45, 2.75) is 19.5 Å². The van der Waals surface area contributed by atoms with Gasteiger partial charge in [-0.1, -0.05) is 18.2 Å². The highest BCUT2D eigenvalue weighted by atomic mass is 32.1. The second-order valence-corrected chi connectivity index (χ2v) is 3.93. The largest absolute Gasteiger partial charge is 0.416 e. The molecule has 1 aromatic rings. The Labute approximate surface area is 98.6 Å². The standard InChI is InChI=1S/C12H13F3S/c1-9-5-6-11(12(13,14)15)8-10(9)4-2-3-7-16/h2,4-6,8,16H,3,7H2,1H3. The van der Waals surface area contributed by atoms with Gasteiger partial charge in [0.1, 0.15) is 0 Å². The lowest BCUT2D eigenvalue weighted by Crippen LogP contribution is -2.05. The normalized spacial score (nSPS) is 12.3. The van der Waals surface area contributed by atoms with Crippen LogP contribution >= 0.6 is 12.6 Å². The van der Waals surface area contributed by atoms with Gasteiger partial charge in [-0.15, -0.1) is 0 Å². The van der Waals surface area contributed by atoms with Crippen molar-refractivity contribution in [3.8, 4) is 0 Å². The van der Waals surface area contributed by atoms with E-state index in [1.54, 1.807) is 13.0 Å². The summed E-state index contributed by atoms with van der Waals surface area (Å²) in [5.41, 5.74) is 0.837. The fraction of sp³-hybridized carbons (Fsp3) is 0.333. The Hall–Kier alpha value is -0.900. The lowest BCUT2D eigenvalue weighted by Gasteiger charge is -2.09. The molecule has 0 bridgehead atoms. The summed E-state index contributed by atoms with van der Waals surface area (Å²) < 4.78 is 37.4. The number of alkyl halides is 3. The van der Waals surface area contributed by atoms with Gasteiger partial charge in [-0.2, -0.15) is 25.8 Å². The second-order valence-electron chi connectivity index (χ2n) is 3.48. The average Bonchev–Trinajstić information content (AvgIpc) is 2.19. The zero-order valence-electron chi connectivity index (χ0n) is 8.88. The highest BCUT2D eigenvalue weighted by Crippen LogP contribution is 2.30. The third-order valence-corrected chi connectivity index (χ3v) is 2.46. The molecule has 0 atom stereocenters. The molecule has 0 spiro atoms. The monoisotopic (exact) mass is 246 g/mol. The van der Waals surface area contributed by atoms with Crippen molar-refractivity contribution in [1.82, 2.24) is 0 Å². The van der Waals surface area contributed by atoms with Gasteiger partial charge in [0, 0.05) is 0 Å². The molecular weight excluding hydrogens is 233 g/mol. The molecule has 4 heteroatoms.